The van der Waals surface area contributed by atoms with Crippen molar-refractivity contribution in [3.63, 3.8) is 0 Å². The molecule has 8 heteroatoms. The van der Waals surface area contributed by atoms with Gasteiger partial charge in [-0.25, -0.2) is 0 Å². The molecule has 0 heterocycles. The zero-order chi connectivity index (χ0) is 7.00. The fraction of sp³-hybridized carbons (Fsp3) is 1.00. The molecule has 0 aliphatic heterocycles. The van der Waals surface area contributed by atoms with E-state index >= 15 is 0 Å². The third kappa shape index (κ3) is 4.38. The summed E-state index contributed by atoms with van der Waals surface area (Å²) in [6, 6.07) is 0. The Bertz CT molecular complexity index is 168. The summed E-state index contributed by atoms with van der Waals surface area (Å²) < 4.78 is 57.5. The van der Waals surface area contributed by atoms with Crippen LogP contribution in [0.5, 0.6) is 0 Å². The first-order valence-corrected chi connectivity index (χ1v) is 2.73. The van der Waals surface area contributed by atoms with Crippen molar-refractivity contribution in [1.29, 1.82) is 0 Å². The maximum atomic E-state index is 10.7. The summed E-state index contributed by atoms with van der Waals surface area (Å²) >= 11 is 0. The minimum absolute atomic E-state index is 0. The fourth-order valence-corrected chi connectivity index (χ4v) is 0. The monoisotopic (exact) mass is 192 g/mol. The number of alkyl halides is 3. The maximum absolute atomic E-state index is 10.7. The summed E-state index contributed by atoms with van der Waals surface area (Å²) in [6.45, 7) is 0. The van der Waals surface area contributed by atoms with Crippen LogP contribution in [-0.4, -0.2) is 56.2 Å². The average Bonchev–Trinajstić information content (AvgIpc) is 1.25. The van der Waals surface area contributed by atoms with E-state index in [9.17, 15) is 13.2 Å². The first-order chi connectivity index (χ1) is 3.25. The van der Waals surface area contributed by atoms with Gasteiger partial charge in [-0.2, -0.15) is 21.6 Å². The Balaban J connectivity index is 0. The zero-order valence-electron chi connectivity index (χ0n) is 3.31. The van der Waals surface area contributed by atoms with Crippen LogP contribution in [0.15, 0.2) is 0 Å². The van der Waals surface area contributed by atoms with Gasteiger partial charge in [-0.3, -0.25) is 4.55 Å². The molecule has 0 atom stereocenters. The van der Waals surface area contributed by atoms with Crippen molar-refractivity contribution in [2.24, 2.45) is 0 Å². The van der Waals surface area contributed by atoms with Crippen LogP contribution in [0.1, 0.15) is 0 Å². The van der Waals surface area contributed by atoms with Gasteiger partial charge < -0.3 is 0 Å². The van der Waals surface area contributed by atoms with Gasteiger partial charge in [-0.1, -0.05) is 0 Å². The molecule has 0 aliphatic carbocycles. The summed E-state index contributed by atoms with van der Waals surface area (Å²) in [5, 5.41) is 0. The molecule has 0 amide bonds. The zero-order valence-corrected chi connectivity index (χ0v) is 4.12. The molecule has 0 saturated heterocycles. The molecular formula is CH3CaF3O3S. The summed E-state index contributed by atoms with van der Waals surface area (Å²) in [5.41, 5.74) is -5.53. The van der Waals surface area contributed by atoms with Crippen molar-refractivity contribution >= 4 is 47.9 Å². The predicted molar refractivity (Wildman–Crippen MR) is 26.1 cm³/mol. The van der Waals surface area contributed by atoms with E-state index in [1.165, 1.54) is 0 Å². The van der Waals surface area contributed by atoms with Crippen molar-refractivity contribution in [2.75, 3.05) is 0 Å². The third-order valence-corrected chi connectivity index (χ3v) is 0.877. The van der Waals surface area contributed by atoms with E-state index in [0.717, 1.165) is 0 Å². The van der Waals surface area contributed by atoms with E-state index in [1.807, 2.05) is 0 Å². The average molecular weight is 192 g/mol. The molecule has 0 saturated carbocycles. The fourth-order valence-electron chi connectivity index (χ4n) is 0. The molecule has 1 N–H and O–H groups in total. The van der Waals surface area contributed by atoms with Crippen molar-refractivity contribution < 1.29 is 26.1 Å². The van der Waals surface area contributed by atoms with Crippen LogP contribution in [0.4, 0.5) is 13.2 Å². The van der Waals surface area contributed by atoms with E-state index < -0.39 is 15.6 Å². The Kier molecular flexibility index (Phi) is 4.74. The molecule has 0 bridgehead atoms. The second kappa shape index (κ2) is 3.38. The molecule has 0 aromatic rings. The molecule has 0 unspecified atom stereocenters. The second-order valence-electron chi connectivity index (χ2n) is 0.921. The summed E-state index contributed by atoms with van der Waals surface area (Å²) in [5.74, 6) is 0. The Labute approximate surface area is 79.0 Å². The number of halogens is 3. The standard InChI is InChI=1S/CHF3O3S.Ca.2H/c2-1(3,4)8(5,6)7;;;/h(H,5,6,7);;;. The molecule has 0 spiro atoms. The third-order valence-electron chi connectivity index (χ3n) is 0.292. The van der Waals surface area contributed by atoms with Gasteiger partial charge in [-0.15, -0.1) is 0 Å². The predicted octanol–water partition coefficient (Wildman–Crippen LogP) is -0.522. The molecule has 0 fully saturated rings. The van der Waals surface area contributed by atoms with Gasteiger partial charge in [0.15, 0.2) is 0 Å². The summed E-state index contributed by atoms with van der Waals surface area (Å²) in [6.07, 6.45) is 0. The van der Waals surface area contributed by atoms with Crippen LogP contribution in [0.3, 0.4) is 0 Å². The summed E-state index contributed by atoms with van der Waals surface area (Å²) in [7, 11) is -5.84. The molecular weight excluding hydrogens is 189 g/mol. The normalized spacial score (nSPS) is 12.4. The summed E-state index contributed by atoms with van der Waals surface area (Å²) in [4.78, 5) is 0. The van der Waals surface area contributed by atoms with Gasteiger partial charge >= 0.3 is 53.4 Å². The van der Waals surface area contributed by atoms with Gasteiger partial charge in [0.1, 0.15) is 0 Å². The van der Waals surface area contributed by atoms with Crippen LogP contribution < -0.4 is 0 Å². The quantitative estimate of drug-likeness (QED) is 0.319. The van der Waals surface area contributed by atoms with E-state index in [1.54, 1.807) is 0 Å². The topological polar surface area (TPSA) is 54.4 Å². The Morgan fingerprint density at radius 2 is 1.33 bits per heavy atom. The van der Waals surface area contributed by atoms with Gasteiger partial charge in [-0.05, 0) is 0 Å². The van der Waals surface area contributed by atoms with E-state index in [2.05, 4.69) is 0 Å². The molecule has 0 radical (unpaired) electrons. The van der Waals surface area contributed by atoms with Gasteiger partial charge in [0, 0.05) is 0 Å². The number of hydrogen-bond acceptors (Lipinski definition) is 2. The van der Waals surface area contributed by atoms with Crippen molar-refractivity contribution in [3.05, 3.63) is 0 Å². The van der Waals surface area contributed by atoms with Gasteiger partial charge in [0.25, 0.3) is 0 Å². The van der Waals surface area contributed by atoms with E-state index in [4.69, 9.17) is 13.0 Å². The van der Waals surface area contributed by atoms with Crippen LogP contribution in [0, 0.1) is 0 Å². The number of rotatable bonds is 0. The number of hydrogen-bond donors (Lipinski definition) is 1. The van der Waals surface area contributed by atoms with Gasteiger partial charge in [0.2, 0.25) is 0 Å². The SMILES string of the molecule is O=S(=O)(O)C(F)(F)F.[CaH2]. The molecule has 0 aromatic carbocycles. The second-order valence-corrected chi connectivity index (χ2v) is 2.33. The first-order valence-electron chi connectivity index (χ1n) is 1.29. The molecule has 0 rings (SSSR count). The van der Waals surface area contributed by atoms with Crippen molar-refractivity contribution in [2.45, 2.75) is 5.51 Å². The van der Waals surface area contributed by atoms with Crippen molar-refractivity contribution in [1.82, 2.24) is 0 Å². The molecule has 0 aromatic heterocycles. The van der Waals surface area contributed by atoms with Gasteiger partial charge in [0.05, 0.1) is 0 Å². The molecule has 0 aliphatic rings. The molecule has 3 nitrogen and oxygen atoms in total. The Morgan fingerprint density at radius 3 is 1.33 bits per heavy atom. The minimum atomic E-state index is -5.84. The van der Waals surface area contributed by atoms with Crippen LogP contribution >= 0.6 is 0 Å². The van der Waals surface area contributed by atoms with E-state index in [0.29, 0.717) is 0 Å². The van der Waals surface area contributed by atoms with Crippen LogP contribution in [-0.2, 0) is 10.1 Å². The Hall–Kier alpha value is 0.960. The van der Waals surface area contributed by atoms with Crippen molar-refractivity contribution in [3.8, 4) is 0 Å². The first kappa shape index (κ1) is 12.6. The Morgan fingerprint density at radius 1 is 1.22 bits per heavy atom. The van der Waals surface area contributed by atoms with Crippen LogP contribution in [0.2, 0.25) is 0 Å². The molecule has 54 valence electrons. The molecule has 9 heavy (non-hydrogen) atoms. The van der Waals surface area contributed by atoms with Crippen LogP contribution in [0.25, 0.3) is 0 Å². The van der Waals surface area contributed by atoms with E-state index in [-0.39, 0.29) is 37.7 Å².